The van der Waals surface area contributed by atoms with Gasteiger partial charge in [-0.3, -0.25) is 9.69 Å². The predicted molar refractivity (Wildman–Crippen MR) is 97.6 cm³/mol. The third kappa shape index (κ3) is 4.37. The number of aryl methyl sites for hydroxylation is 1. The highest BCUT2D eigenvalue weighted by Crippen LogP contribution is 2.29. The molecule has 1 unspecified atom stereocenters. The van der Waals surface area contributed by atoms with Crippen LogP contribution in [-0.4, -0.2) is 36.0 Å². The molecular formula is C20H31N3O. The highest BCUT2D eigenvalue weighted by atomic mass is 16.2. The molecule has 4 nitrogen and oxygen atoms in total. The Kier molecular flexibility index (Phi) is 5.57. The maximum absolute atomic E-state index is 12.1. The van der Waals surface area contributed by atoms with E-state index in [2.05, 4.69) is 41.4 Å². The Morgan fingerprint density at radius 3 is 2.71 bits per heavy atom. The first-order chi connectivity index (χ1) is 11.5. The Morgan fingerprint density at radius 1 is 1.29 bits per heavy atom. The molecule has 2 aliphatic rings. The van der Waals surface area contributed by atoms with Crippen molar-refractivity contribution in [3.63, 3.8) is 0 Å². The van der Waals surface area contributed by atoms with Gasteiger partial charge in [-0.25, -0.2) is 0 Å². The number of hydrogen-bond acceptors (Lipinski definition) is 3. The molecule has 2 fully saturated rings. The first kappa shape index (κ1) is 17.4. The van der Waals surface area contributed by atoms with Gasteiger partial charge >= 0.3 is 0 Å². The Balaban J connectivity index is 1.40. The summed E-state index contributed by atoms with van der Waals surface area (Å²) in [7, 11) is 0. The van der Waals surface area contributed by atoms with Gasteiger partial charge in [-0.15, -0.1) is 0 Å². The Morgan fingerprint density at radius 2 is 2.04 bits per heavy atom. The highest BCUT2D eigenvalue weighted by Gasteiger charge is 2.39. The second-order valence-electron chi connectivity index (χ2n) is 7.78. The summed E-state index contributed by atoms with van der Waals surface area (Å²) in [6.07, 6.45) is 6.35. The number of nitrogens with one attached hydrogen (secondary N) is 1. The molecule has 1 heterocycles. The van der Waals surface area contributed by atoms with Crippen molar-refractivity contribution in [2.24, 2.45) is 11.7 Å². The smallest absolute Gasteiger partial charge is 0.240 e. The van der Waals surface area contributed by atoms with Crippen LogP contribution >= 0.6 is 0 Å². The van der Waals surface area contributed by atoms with Crippen LogP contribution in [0.1, 0.15) is 49.7 Å². The van der Waals surface area contributed by atoms with Crippen LogP contribution < -0.4 is 11.1 Å². The maximum Gasteiger partial charge on any atom is 0.240 e. The van der Waals surface area contributed by atoms with E-state index in [9.17, 15) is 4.79 Å². The molecule has 3 N–H and O–H groups in total. The lowest BCUT2D eigenvalue weighted by Gasteiger charge is -2.36. The maximum atomic E-state index is 12.1. The number of nitrogens with zero attached hydrogens (tertiary/aromatic N) is 1. The summed E-state index contributed by atoms with van der Waals surface area (Å²) in [6.45, 7) is 6.25. The van der Waals surface area contributed by atoms with E-state index in [0.29, 0.717) is 5.92 Å². The van der Waals surface area contributed by atoms with Crippen LogP contribution in [0.4, 0.5) is 0 Å². The monoisotopic (exact) mass is 329 g/mol. The van der Waals surface area contributed by atoms with E-state index in [-0.39, 0.29) is 5.91 Å². The van der Waals surface area contributed by atoms with E-state index in [1.165, 1.54) is 30.5 Å². The number of nitrogens with two attached hydrogens (primary N) is 1. The number of likely N-dealkylation sites (tertiary alicyclic amines) is 1. The SMILES string of the molecule is Cc1ccc(CN2CCCC(CCNC(=O)C3(N)CCC3)C2)cc1. The number of benzene rings is 1. The van der Waals surface area contributed by atoms with Crippen LogP contribution in [0, 0.1) is 12.8 Å². The quantitative estimate of drug-likeness (QED) is 0.843. The van der Waals surface area contributed by atoms with Crippen molar-refractivity contribution in [2.45, 2.75) is 57.5 Å². The Bertz CT molecular complexity index is 551. The summed E-state index contributed by atoms with van der Waals surface area (Å²) in [5, 5.41) is 3.06. The zero-order valence-corrected chi connectivity index (χ0v) is 14.9. The number of piperidine rings is 1. The van der Waals surface area contributed by atoms with E-state index < -0.39 is 5.54 Å². The minimum Gasteiger partial charge on any atom is -0.354 e. The van der Waals surface area contributed by atoms with Crippen molar-refractivity contribution in [1.82, 2.24) is 10.2 Å². The number of rotatable bonds is 6. The van der Waals surface area contributed by atoms with Gasteiger partial charge in [-0.1, -0.05) is 29.8 Å². The minimum atomic E-state index is -0.565. The molecule has 132 valence electrons. The van der Waals surface area contributed by atoms with Gasteiger partial charge in [0.2, 0.25) is 5.91 Å². The molecule has 1 aliphatic heterocycles. The topological polar surface area (TPSA) is 58.4 Å². The number of hydrogen-bond donors (Lipinski definition) is 2. The third-order valence-electron chi connectivity index (χ3n) is 5.67. The summed E-state index contributed by atoms with van der Waals surface area (Å²) in [4.78, 5) is 14.6. The second-order valence-corrected chi connectivity index (χ2v) is 7.78. The fraction of sp³-hybridized carbons (Fsp3) is 0.650. The lowest BCUT2D eigenvalue weighted by molar-refractivity contribution is -0.129. The first-order valence-electron chi connectivity index (χ1n) is 9.40. The van der Waals surface area contributed by atoms with Crippen molar-refractivity contribution in [3.05, 3.63) is 35.4 Å². The van der Waals surface area contributed by atoms with Gasteiger partial charge in [0.1, 0.15) is 0 Å². The molecule has 0 bridgehead atoms. The Hall–Kier alpha value is -1.39. The molecule has 3 rings (SSSR count). The molecule has 0 radical (unpaired) electrons. The average Bonchev–Trinajstić information content (AvgIpc) is 2.55. The van der Waals surface area contributed by atoms with Crippen LogP contribution in [-0.2, 0) is 11.3 Å². The van der Waals surface area contributed by atoms with Gasteiger partial charge in [-0.05, 0) is 63.5 Å². The standard InChI is InChI=1S/C20H31N3O/c1-16-5-7-18(8-6-16)15-23-13-2-4-17(14-23)9-12-22-19(24)20(21)10-3-11-20/h5-8,17H,2-4,9-15,21H2,1H3,(H,22,24). The van der Waals surface area contributed by atoms with Crippen molar-refractivity contribution < 1.29 is 4.79 Å². The molecule has 1 aromatic carbocycles. The van der Waals surface area contributed by atoms with Crippen LogP contribution in [0.5, 0.6) is 0 Å². The van der Waals surface area contributed by atoms with Crippen molar-refractivity contribution in [3.8, 4) is 0 Å². The van der Waals surface area contributed by atoms with E-state index in [1.807, 2.05) is 0 Å². The summed E-state index contributed by atoms with van der Waals surface area (Å²) < 4.78 is 0. The molecule has 24 heavy (non-hydrogen) atoms. The summed E-state index contributed by atoms with van der Waals surface area (Å²) in [5.74, 6) is 0.737. The summed E-state index contributed by atoms with van der Waals surface area (Å²) >= 11 is 0. The van der Waals surface area contributed by atoms with Crippen molar-refractivity contribution in [1.29, 1.82) is 0 Å². The highest BCUT2D eigenvalue weighted by molar-refractivity contribution is 5.86. The summed E-state index contributed by atoms with van der Waals surface area (Å²) in [6, 6.07) is 8.85. The van der Waals surface area contributed by atoms with E-state index in [1.54, 1.807) is 0 Å². The van der Waals surface area contributed by atoms with Gasteiger partial charge in [0.05, 0.1) is 5.54 Å². The lowest BCUT2D eigenvalue weighted by Crippen LogP contribution is -2.58. The van der Waals surface area contributed by atoms with Gasteiger partial charge in [0.25, 0.3) is 0 Å². The number of carbonyl (C=O) groups excluding carboxylic acids is 1. The molecular weight excluding hydrogens is 298 g/mol. The first-order valence-corrected chi connectivity index (χ1v) is 9.40. The predicted octanol–water partition coefficient (Wildman–Crippen LogP) is 2.59. The molecule has 1 atom stereocenters. The second kappa shape index (κ2) is 7.66. The average molecular weight is 329 g/mol. The van der Waals surface area contributed by atoms with Gasteiger partial charge < -0.3 is 11.1 Å². The van der Waals surface area contributed by atoms with Crippen molar-refractivity contribution in [2.75, 3.05) is 19.6 Å². The van der Waals surface area contributed by atoms with Crippen LogP contribution in [0.2, 0.25) is 0 Å². The van der Waals surface area contributed by atoms with E-state index in [0.717, 1.165) is 45.3 Å². The van der Waals surface area contributed by atoms with Gasteiger partial charge in [-0.2, -0.15) is 0 Å². The molecule has 0 spiro atoms. The largest absolute Gasteiger partial charge is 0.354 e. The van der Waals surface area contributed by atoms with Gasteiger partial charge in [0.15, 0.2) is 0 Å². The molecule has 4 heteroatoms. The fourth-order valence-corrected chi connectivity index (χ4v) is 3.83. The zero-order chi connectivity index (χ0) is 17.0. The number of carbonyl (C=O) groups is 1. The van der Waals surface area contributed by atoms with Crippen molar-refractivity contribution >= 4 is 5.91 Å². The molecule has 0 aromatic heterocycles. The van der Waals surface area contributed by atoms with E-state index in [4.69, 9.17) is 5.73 Å². The molecule has 1 amide bonds. The molecule has 1 aliphatic carbocycles. The minimum absolute atomic E-state index is 0.0565. The van der Waals surface area contributed by atoms with Crippen LogP contribution in [0.25, 0.3) is 0 Å². The zero-order valence-electron chi connectivity index (χ0n) is 14.9. The van der Waals surface area contributed by atoms with Gasteiger partial charge in [0, 0.05) is 19.6 Å². The molecule has 1 aromatic rings. The lowest BCUT2D eigenvalue weighted by atomic mass is 9.77. The van der Waals surface area contributed by atoms with Crippen LogP contribution in [0.3, 0.4) is 0 Å². The fourth-order valence-electron chi connectivity index (χ4n) is 3.83. The normalized spacial score (nSPS) is 23.5. The molecule has 1 saturated heterocycles. The van der Waals surface area contributed by atoms with E-state index >= 15 is 0 Å². The molecule has 1 saturated carbocycles. The Labute approximate surface area is 145 Å². The third-order valence-corrected chi connectivity index (χ3v) is 5.67. The summed E-state index contributed by atoms with van der Waals surface area (Å²) in [5.41, 5.74) is 8.21. The van der Waals surface area contributed by atoms with Crippen LogP contribution in [0.15, 0.2) is 24.3 Å². The number of amides is 1.